The number of carbonyl (C=O) groups is 2. The summed E-state index contributed by atoms with van der Waals surface area (Å²) >= 11 is 7.45. The number of imide groups is 1. The zero-order valence-electron chi connectivity index (χ0n) is 14.5. The molecule has 0 bridgehead atoms. The van der Waals surface area contributed by atoms with E-state index >= 15 is 0 Å². The normalized spacial score (nSPS) is 19.6. The number of hydrogen-bond acceptors (Lipinski definition) is 4. The number of hydrogen-bond donors (Lipinski definition) is 1. The maximum absolute atomic E-state index is 12.9. The number of amides is 3. The fraction of sp³-hybridized carbons (Fsp3) is 0.263. The van der Waals surface area contributed by atoms with Crippen LogP contribution in [0.15, 0.2) is 53.4 Å². The van der Waals surface area contributed by atoms with Crippen LogP contribution < -0.4 is 10.1 Å². The van der Waals surface area contributed by atoms with Crippen LogP contribution in [0.2, 0.25) is 5.02 Å². The molecule has 26 heavy (non-hydrogen) atoms. The first kappa shape index (κ1) is 18.6. The summed E-state index contributed by atoms with van der Waals surface area (Å²) < 4.78 is 5.14. The molecule has 1 saturated heterocycles. The molecule has 3 rings (SSSR count). The molecule has 7 heteroatoms. The molecule has 1 atom stereocenters. The van der Waals surface area contributed by atoms with E-state index < -0.39 is 5.54 Å². The van der Waals surface area contributed by atoms with E-state index in [2.05, 4.69) is 5.32 Å². The molecule has 0 unspecified atom stereocenters. The van der Waals surface area contributed by atoms with Gasteiger partial charge in [-0.25, -0.2) is 4.79 Å². The highest BCUT2D eigenvalue weighted by Gasteiger charge is 2.48. The molecule has 5 nitrogen and oxygen atoms in total. The Balaban J connectivity index is 1.66. The van der Waals surface area contributed by atoms with E-state index in [1.807, 2.05) is 24.3 Å². The molecule has 0 radical (unpaired) electrons. The van der Waals surface area contributed by atoms with Crippen LogP contribution in [0.5, 0.6) is 5.75 Å². The van der Waals surface area contributed by atoms with Gasteiger partial charge in [0.25, 0.3) is 5.91 Å². The molecule has 1 N–H and O–H groups in total. The standard InChI is InChI=1S/C19H19ClN2O3S/c1-19(13-3-7-15(25-2)8-4-13)17(23)22(18(24)21-19)11-12-26-16-9-5-14(20)6-10-16/h3-10H,11-12H2,1-2H3,(H,21,24)/t19-/m0/s1. The molecule has 0 saturated carbocycles. The number of ether oxygens (including phenoxy) is 1. The third-order valence-electron chi connectivity index (χ3n) is 4.34. The topological polar surface area (TPSA) is 58.6 Å². The van der Waals surface area contributed by atoms with Crippen LogP contribution in [0.1, 0.15) is 12.5 Å². The van der Waals surface area contributed by atoms with Crippen molar-refractivity contribution in [3.8, 4) is 5.75 Å². The van der Waals surface area contributed by atoms with Crippen molar-refractivity contribution in [3.63, 3.8) is 0 Å². The summed E-state index contributed by atoms with van der Waals surface area (Å²) in [6.07, 6.45) is 0. The lowest BCUT2D eigenvalue weighted by Crippen LogP contribution is -2.41. The molecule has 1 fully saturated rings. The number of rotatable bonds is 6. The molecule has 3 amide bonds. The van der Waals surface area contributed by atoms with Crippen LogP contribution >= 0.6 is 23.4 Å². The summed E-state index contributed by atoms with van der Waals surface area (Å²) in [6, 6.07) is 14.2. The molecule has 2 aromatic rings. The van der Waals surface area contributed by atoms with Crippen molar-refractivity contribution in [2.75, 3.05) is 19.4 Å². The summed E-state index contributed by atoms with van der Waals surface area (Å²) in [5.74, 6) is 1.06. The highest BCUT2D eigenvalue weighted by Crippen LogP contribution is 2.30. The van der Waals surface area contributed by atoms with Crippen LogP contribution in [-0.2, 0) is 10.3 Å². The lowest BCUT2D eigenvalue weighted by atomic mass is 9.92. The van der Waals surface area contributed by atoms with E-state index in [0.29, 0.717) is 23.1 Å². The molecular formula is C19H19ClN2O3S. The van der Waals surface area contributed by atoms with Gasteiger partial charge in [0.15, 0.2) is 0 Å². The van der Waals surface area contributed by atoms with Gasteiger partial charge in [0.05, 0.1) is 7.11 Å². The van der Waals surface area contributed by atoms with E-state index in [1.54, 1.807) is 50.1 Å². The molecular weight excluding hydrogens is 372 g/mol. The van der Waals surface area contributed by atoms with Gasteiger partial charge in [-0.2, -0.15) is 0 Å². The Labute approximate surface area is 161 Å². The fourth-order valence-corrected chi connectivity index (χ4v) is 3.77. The summed E-state index contributed by atoms with van der Waals surface area (Å²) in [5.41, 5.74) is -0.335. The first-order valence-corrected chi connectivity index (χ1v) is 9.47. The Hall–Kier alpha value is -2.18. The van der Waals surface area contributed by atoms with E-state index in [1.165, 1.54) is 4.90 Å². The van der Waals surface area contributed by atoms with Crippen LogP contribution in [0.25, 0.3) is 0 Å². The number of benzene rings is 2. The SMILES string of the molecule is COc1ccc([C@]2(C)NC(=O)N(CCSc3ccc(Cl)cc3)C2=O)cc1. The van der Waals surface area contributed by atoms with Crippen LogP contribution in [0.3, 0.4) is 0 Å². The van der Waals surface area contributed by atoms with Crippen molar-refractivity contribution >= 4 is 35.3 Å². The van der Waals surface area contributed by atoms with Crippen molar-refractivity contribution in [2.45, 2.75) is 17.4 Å². The first-order valence-electron chi connectivity index (χ1n) is 8.11. The van der Waals surface area contributed by atoms with E-state index in [9.17, 15) is 9.59 Å². The minimum Gasteiger partial charge on any atom is -0.497 e. The van der Waals surface area contributed by atoms with Crippen LogP contribution in [0, 0.1) is 0 Å². The Kier molecular flexibility index (Phi) is 5.44. The van der Waals surface area contributed by atoms with Crippen molar-refractivity contribution < 1.29 is 14.3 Å². The minimum atomic E-state index is -1.06. The minimum absolute atomic E-state index is 0.246. The molecule has 136 valence electrons. The number of methoxy groups -OCH3 is 1. The third-order valence-corrected chi connectivity index (χ3v) is 5.58. The Bertz CT molecular complexity index is 811. The maximum Gasteiger partial charge on any atom is 0.325 e. The number of halogens is 1. The summed E-state index contributed by atoms with van der Waals surface area (Å²) in [5, 5.41) is 3.49. The van der Waals surface area contributed by atoms with E-state index in [0.717, 1.165) is 10.5 Å². The van der Waals surface area contributed by atoms with Gasteiger partial charge in [0.1, 0.15) is 11.3 Å². The number of nitrogens with one attached hydrogen (secondary N) is 1. The lowest BCUT2D eigenvalue weighted by molar-refractivity contribution is -0.130. The van der Waals surface area contributed by atoms with Gasteiger partial charge >= 0.3 is 6.03 Å². The molecule has 1 heterocycles. The predicted octanol–water partition coefficient (Wildman–Crippen LogP) is 3.91. The van der Waals surface area contributed by atoms with Crippen LogP contribution in [0.4, 0.5) is 4.79 Å². The highest BCUT2D eigenvalue weighted by atomic mass is 35.5. The Morgan fingerprint density at radius 1 is 1.12 bits per heavy atom. The Morgan fingerprint density at radius 3 is 2.38 bits per heavy atom. The monoisotopic (exact) mass is 390 g/mol. The molecule has 1 aliphatic rings. The third kappa shape index (κ3) is 3.66. The molecule has 0 aliphatic carbocycles. The van der Waals surface area contributed by atoms with Gasteiger partial charge in [-0.05, 0) is 48.9 Å². The Morgan fingerprint density at radius 2 is 1.77 bits per heavy atom. The first-order chi connectivity index (χ1) is 12.4. The number of thioether (sulfide) groups is 1. The average molecular weight is 391 g/mol. The second kappa shape index (κ2) is 7.60. The largest absolute Gasteiger partial charge is 0.497 e. The quantitative estimate of drug-likeness (QED) is 0.600. The lowest BCUT2D eigenvalue weighted by Gasteiger charge is -2.22. The highest BCUT2D eigenvalue weighted by molar-refractivity contribution is 7.99. The number of nitrogens with zero attached hydrogens (tertiary/aromatic N) is 1. The van der Waals surface area contributed by atoms with Gasteiger partial charge in [-0.15, -0.1) is 11.8 Å². The molecule has 0 aromatic heterocycles. The van der Waals surface area contributed by atoms with Gasteiger partial charge in [0.2, 0.25) is 0 Å². The summed E-state index contributed by atoms with van der Waals surface area (Å²) in [4.78, 5) is 27.5. The smallest absolute Gasteiger partial charge is 0.325 e. The van der Waals surface area contributed by atoms with Gasteiger partial charge in [-0.3, -0.25) is 9.69 Å². The zero-order chi connectivity index (χ0) is 18.7. The van der Waals surface area contributed by atoms with Crippen molar-refractivity contribution in [1.29, 1.82) is 0 Å². The average Bonchev–Trinajstić information content (AvgIpc) is 2.87. The summed E-state index contributed by atoms with van der Waals surface area (Å²) in [7, 11) is 1.58. The predicted molar refractivity (Wildman–Crippen MR) is 103 cm³/mol. The fourth-order valence-electron chi connectivity index (χ4n) is 2.81. The zero-order valence-corrected chi connectivity index (χ0v) is 16.1. The number of urea groups is 1. The molecule has 1 aliphatic heterocycles. The molecule has 0 spiro atoms. The van der Waals surface area contributed by atoms with Gasteiger partial charge in [0, 0.05) is 22.2 Å². The molecule has 2 aromatic carbocycles. The van der Waals surface area contributed by atoms with Crippen molar-refractivity contribution in [3.05, 3.63) is 59.1 Å². The van der Waals surface area contributed by atoms with E-state index in [-0.39, 0.29) is 11.9 Å². The van der Waals surface area contributed by atoms with Gasteiger partial charge in [-0.1, -0.05) is 23.7 Å². The second-order valence-electron chi connectivity index (χ2n) is 6.04. The number of carbonyl (C=O) groups excluding carboxylic acids is 2. The van der Waals surface area contributed by atoms with E-state index in [4.69, 9.17) is 16.3 Å². The van der Waals surface area contributed by atoms with Crippen molar-refractivity contribution in [2.24, 2.45) is 0 Å². The van der Waals surface area contributed by atoms with Gasteiger partial charge < -0.3 is 10.1 Å². The maximum atomic E-state index is 12.9. The summed E-state index contributed by atoms with van der Waals surface area (Å²) in [6.45, 7) is 2.06. The second-order valence-corrected chi connectivity index (χ2v) is 7.65. The van der Waals surface area contributed by atoms with Crippen molar-refractivity contribution in [1.82, 2.24) is 10.2 Å². The van der Waals surface area contributed by atoms with Crippen LogP contribution in [-0.4, -0.2) is 36.2 Å².